The van der Waals surface area contributed by atoms with Gasteiger partial charge in [0, 0.05) is 11.1 Å². The van der Waals surface area contributed by atoms with Crippen LogP contribution in [0.5, 0.6) is 0 Å². The van der Waals surface area contributed by atoms with Crippen molar-refractivity contribution in [3.8, 4) is 0 Å². The third-order valence-electron chi connectivity index (χ3n) is 3.45. The van der Waals surface area contributed by atoms with Crippen molar-refractivity contribution in [2.24, 2.45) is 5.73 Å². The average molecular weight is 274 g/mol. The van der Waals surface area contributed by atoms with Gasteiger partial charge in [0.05, 0.1) is 0 Å². The molecule has 1 unspecified atom stereocenters. The van der Waals surface area contributed by atoms with E-state index in [0.717, 1.165) is 29.0 Å². The van der Waals surface area contributed by atoms with Crippen LogP contribution in [0.25, 0.3) is 0 Å². The molecule has 0 saturated carbocycles. The van der Waals surface area contributed by atoms with Gasteiger partial charge >= 0.3 is 0 Å². The fourth-order valence-electron chi connectivity index (χ4n) is 2.20. The molecule has 0 bridgehead atoms. The highest BCUT2D eigenvalue weighted by molar-refractivity contribution is 6.31. The highest BCUT2D eigenvalue weighted by Crippen LogP contribution is 2.23. The van der Waals surface area contributed by atoms with E-state index in [0.29, 0.717) is 0 Å². The molecule has 0 saturated heterocycles. The zero-order valence-electron chi connectivity index (χ0n) is 11.5. The Bertz CT molecular complexity index is 563. The van der Waals surface area contributed by atoms with Crippen LogP contribution in [0.15, 0.2) is 42.5 Å². The predicted octanol–water partition coefficient (Wildman–Crippen LogP) is 4.59. The first-order valence-corrected chi connectivity index (χ1v) is 7.01. The van der Waals surface area contributed by atoms with Gasteiger partial charge in [-0.1, -0.05) is 53.6 Å². The van der Waals surface area contributed by atoms with Gasteiger partial charge in [-0.2, -0.15) is 0 Å². The molecule has 2 heteroatoms. The summed E-state index contributed by atoms with van der Waals surface area (Å²) in [6, 6.07) is 14.7. The van der Waals surface area contributed by atoms with E-state index in [1.165, 1.54) is 11.1 Å². The van der Waals surface area contributed by atoms with E-state index in [-0.39, 0.29) is 6.04 Å². The van der Waals surface area contributed by atoms with E-state index in [1.807, 2.05) is 19.1 Å². The summed E-state index contributed by atoms with van der Waals surface area (Å²) in [5.41, 5.74) is 11.1. The lowest BCUT2D eigenvalue weighted by Gasteiger charge is -2.13. The van der Waals surface area contributed by atoms with Gasteiger partial charge in [0.15, 0.2) is 0 Å². The molecule has 1 atom stereocenters. The Kier molecular flexibility index (Phi) is 4.62. The fourth-order valence-corrected chi connectivity index (χ4v) is 2.39. The SMILES string of the molecule is Cc1cccc(CCC(N)c2ccc(C)c(Cl)c2)c1. The van der Waals surface area contributed by atoms with Gasteiger partial charge in [0.2, 0.25) is 0 Å². The van der Waals surface area contributed by atoms with E-state index in [9.17, 15) is 0 Å². The predicted molar refractivity (Wildman–Crippen MR) is 82.6 cm³/mol. The van der Waals surface area contributed by atoms with Gasteiger partial charge in [0.1, 0.15) is 0 Å². The highest BCUT2D eigenvalue weighted by atomic mass is 35.5. The topological polar surface area (TPSA) is 26.0 Å². The zero-order valence-corrected chi connectivity index (χ0v) is 12.2. The molecule has 0 heterocycles. The number of rotatable bonds is 4. The fraction of sp³-hybridized carbons (Fsp3) is 0.294. The first-order valence-electron chi connectivity index (χ1n) is 6.63. The monoisotopic (exact) mass is 273 g/mol. The zero-order chi connectivity index (χ0) is 13.8. The maximum absolute atomic E-state index is 6.24. The summed E-state index contributed by atoms with van der Waals surface area (Å²) in [7, 11) is 0. The Morgan fingerprint density at radius 2 is 1.89 bits per heavy atom. The number of hydrogen-bond donors (Lipinski definition) is 1. The maximum Gasteiger partial charge on any atom is 0.0438 e. The normalized spacial score (nSPS) is 12.4. The first kappa shape index (κ1) is 14.1. The maximum atomic E-state index is 6.24. The average Bonchev–Trinajstić information content (AvgIpc) is 2.39. The third-order valence-corrected chi connectivity index (χ3v) is 3.86. The van der Waals surface area contributed by atoms with Crippen molar-refractivity contribution in [3.63, 3.8) is 0 Å². The molecule has 2 aromatic rings. The van der Waals surface area contributed by atoms with Crippen molar-refractivity contribution in [1.82, 2.24) is 0 Å². The molecule has 0 aliphatic carbocycles. The minimum Gasteiger partial charge on any atom is -0.324 e. The second-order valence-electron chi connectivity index (χ2n) is 5.14. The van der Waals surface area contributed by atoms with E-state index in [1.54, 1.807) is 0 Å². The molecule has 0 aliphatic rings. The summed E-state index contributed by atoms with van der Waals surface area (Å²) >= 11 is 6.14. The molecule has 0 spiro atoms. The Balaban J connectivity index is 2.01. The lowest BCUT2D eigenvalue weighted by Crippen LogP contribution is -2.11. The molecule has 0 fully saturated rings. The molecule has 0 radical (unpaired) electrons. The van der Waals surface area contributed by atoms with Gasteiger partial charge in [-0.05, 0) is 49.4 Å². The number of hydrogen-bond acceptors (Lipinski definition) is 1. The van der Waals surface area contributed by atoms with Gasteiger partial charge in [-0.3, -0.25) is 0 Å². The van der Waals surface area contributed by atoms with Crippen LogP contribution in [-0.4, -0.2) is 0 Å². The van der Waals surface area contributed by atoms with Crippen LogP contribution in [0.2, 0.25) is 5.02 Å². The Morgan fingerprint density at radius 3 is 2.58 bits per heavy atom. The van der Waals surface area contributed by atoms with Crippen LogP contribution >= 0.6 is 11.6 Å². The number of benzene rings is 2. The van der Waals surface area contributed by atoms with Crippen molar-refractivity contribution in [2.45, 2.75) is 32.7 Å². The van der Waals surface area contributed by atoms with Crippen LogP contribution in [0, 0.1) is 13.8 Å². The lowest BCUT2D eigenvalue weighted by molar-refractivity contribution is 0.651. The second-order valence-corrected chi connectivity index (χ2v) is 5.55. The molecule has 2 N–H and O–H groups in total. The van der Waals surface area contributed by atoms with E-state index in [2.05, 4.69) is 37.3 Å². The molecule has 1 nitrogen and oxygen atoms in total. The van der Waals surface area contributed by atoms with Gasteiger partial charge in [0.25, 0.3) is 0 Å². The van der Waals surface area contributed by atoms with Crippen molar-refractivity contribution < 1.29 is 0 Å². The van der Waals surface area contributed by atoms with Gasteiger partial charge < -0.3 is 5.73 Å². The number of nitrogens with two attached hydrogens (primary N) is 1. The molecule has 0 aliphatic heterocycles. The largest absolute Gasteiger partial charge is 0.324 e. The lowest BCUT2D eigenvalue weighted by atomic mass is 9.98. The van der Waals surface area contributed by atoms with Crippen LogP contribution in [0.3, 0.4) is 0 Å². The number of halogens is 1. The first-order chi connectivity index (χ1) is 9.06. The molecule has 19 heavy (non-hydrogen) atoms. The Hall–Kier alpha value is -1.31. The van der Waals surface area contributed by atoms with Crippen molar-refractivity contribution in [2.75, 3.05) is 0 Å². The van der Waals surface area contributed by atoms with Gasteiger partial charge in [-0.25, -0.2) is 0 Å². The minimum absolute atomic E-state index is 0.0404. The van der Waals surface area contributed by atoms with Gasteiger partial charge in [-0.15, -0.1) is 0 Å². The standard InChI is InChI=1S/C17H20ClN/c1-12-4-3-5-14(10-12)7-9-17(19)15-8-6-13(2)16(18)11-15/h3-6,8,10-11,17H,7,9,19H2,1-2H3. The van der Waals surface area contributed by atoms with Crippen molar-refractivity contribution >= 4 is 11.6 Å². The third kappa shape index (κ3) is 3.82. The second kappa shape index (κ2) is 6.23. The van der Waals surface area contributed by atoms with Crippen LogP contribution in [0.1, 0.15) is 34.7 Å². The van der Waals surface area contributed by atoms with Crippen LogP contribution in [0.4, 0.5) is 0 Å². The highest BCUT2D eigenvalue weighted by Gasteiger charge is 2.08. The van der Waals surface area contributed by atoms with Crippen LogP contribution < -0.4 is 5.73 Å². The summed E-state index contributed by atoms with van der Waals surface area (Å²) in [4.78, 5) is 0. The van der Waals surface area contributed by atoms with Crippen LogP contribution in [-0.2, 0) is 6.42 Å². The summed E-state index contributed by atoms with van der Waals surface area (Å²) in [5, 5.41) is 0.795. The molecular weight excluding hydrogens is 254 g/mol. The molecule has 2 rings (SSSR count). The van der Waals surface area contributed by atoms with Crippen molar-refractivity contribution in [3.05, 3.63) is 69.7 Å². The van der Waals surface area contributed by atoms with E-state index < -0.39 is 0 Å². The Morgan fingerprint density at radius 1 is 1.11 bits per heavy atom. The molecule has 2 aromatic carbocycles. The Labute approximate surface area is 120 Å². The molecular formula is C17H20ClN. The summed E-state index contributed by atoms with van der Waals surface area (Å²) < 4.78 is 0. The summed E-state index contributed by atoms with van der Waals surface area (Å²) in [6.07, 6.45) is 1.93. The molecule has 100 valence electrons. The quantitative estimate of drug-likeness (QED) is 0.866. The summed E-state index contributed by atoms with van der Waals surface area (Å²) in [5.74, 6) is 0. The molecule has 0 amide bonds. The summed E-state index contributed by atoms with van der Waals surface area (Å²) in [6.45, 7) is 4.12. The molecule has 0 aromatic heterocycles. The van der Waals surface area contributed by atoms with Crippen molar-refractivity contribution in [1.29, 1.82) is 0 Å². The smallest absolute Gasteiger partial charge is 0.0438 e. The number of aryl methyl sites for hydroxylation is 3. The minimum atomic E-state index is 0.0404. The van der Waals surface area contributed by atoms with E-state index in [4.69, 9.17) is 17.3 Å². The van der Waals surface area contributed by atoms with E-state index >= 15 is 0 Å².